The molecule has 2 aromatic rings. The van der Waals surface area contributed by atoms with E-state index in [-0.39, 0.29) is 11.4 Å². The predicted molar refractivity (Wildman–Crippen MR) is 87.1 cm³/mol. The largest absolute Gasteiger partial charge is 0.361 e. The minimum Gasteiger partial charge on any atom is -0.361 e. The Labute approximate surface area is 126 Å². The molecule has 0 aliphatic carbocycles. The molecule has 4 nitrogen and oxygen atoms in total. The molecule has 4 N–H and O–H groups in total. The van der Waals surface area contributed by atoms with Crippen LogP contribution in [0.3, 0.4) is 0 Å². The summed E-state index contributed by atoms with van der Waals surface area (Å²) in [5.74, 6) is -0.0773. The molecular weight excluding hydrogens is 262 g/mol. The number of aromatic nitrogens is 1. The average molecular weight is 287 g/mol. The summed E-state index contributed by atoms with van der Waals surface area (Å²) in [5, 5.41) is 4.21. The van der Waals surface area contributed by atoms with E-state index < -0.39 is 6.04 Å². The summed E-state index contributed by atoms with van der Waals surface area (Å²) in [5.41, 5.74) is 8.08. The first kappa shape index (κ1) is 15.6. The van der Waals surface area contributed by atoms with Gasteiger partial charge >= 0.3 is 0 Å². The van der Waals surface area contributed by atoms with Gasteiger partial charge in [0.2, 0.25) is 5.91 Å². The number of hydrogen-bond donors (Lipinski definition) is 3. The molecule has 0 saturated carbocycles. The first-order chi connectivity index (χ1) is 9.99. The van der Waals surface area contributed by atoms with Gasteiger partial charge in [0.15, 0.2) is 0 Å². The maximum absolute atomic E-state index is 12.3. The van der Waals surface area contributed by atoms with Gasteiger partial charge in [0.05, 0.1) is 6.04 Å². The van der Waals surface area contributed by atoms with Crippen LogP contribution in [-0.2, 0) is 11.2 Å². The normalized spacial score (nSPS) is 13.3. The van der Waals surface area contributed by atoms with Crippen LogP contribution in [0.25, 0.3) is 10.9 Å². The Hall–Kier alpha value is -1.81. The molecule has 1 aromatic carbocycles. The first-order valence-electron chi connectivity index (χ1n) is 7.61. The van der Waals surface area contributed by atoms with Crippen LogP contribution in [0.5, 0.6) is 0 Å². The van der Waals surface area contributed by atoms with Crippen LogP contribution in [0.1, 0.15) is 39.2 Å². The summed E-state index contributed by atoms with van der Waals surface area (Å²) in [6.07, 6.45) is 4.28. The molecule has 1 amide bonds. The van der Waals surface area contributed by atoms with Gasteiger partial charge in [-0.05, 0) is 37.8 Å². The summed E-state index contributed by atoms with van der Waals surface area (Å²) in [4.78, 5) is 15.5. The van der Waals surface area contributed by atoms with Crippen LogP contribution < -0.4 is 11.1 Å². The van der Waals surface area contributed by atoms with Crippen molar-refractivity contribution in [2.45, 2.75) is 51.6 Å². The lowest BCUT2D eigenvalue weighted by atomic mass is 9.94. The molecule has 1 heterocycles. The molecule has 0 aliphatic heterocycles. The molecule has 4 heteroatoms. The molecule has 0 fully saturated rings. The maximum Gasteiger partial charge on any atom is 0.237 e. The number of carbonyl (C=O) groups is 1. The highest BCUT2D eigenvalue weighted by atomic mass is 16.2. The fraction of sp³-hybridized carbons (Fsp3) is 0.471. The summed E-state index contributed by atoms with van der Waals surface area (Å²) in [6, 6.07) is 7.53. The van der Waals surface area contributed by atoms with Gasteiger partial charge < -0.3 is 16.0 Å². The van der Waals surface area contributed by atoms with E-state index in [1.165, 1.54) is 0 Å². The Morgan fingerprint density at radius 3 is 2.67 bits per heavy atom. The van der Waals surface area contributed by atoms with Gasteiger partial charge in [-0.3, -0.25) is 4.79 Å². The molecule has 114 valence electrons. The lowest BCUT2D eigenvalue weighted by Crippen LogP contribution is -2.52. The first-order valence-corrected chi connectivity index (χ1v) is 7.61. The molecule has 0 spiro atoms. The summed E-state index contributed by atoms with van der Waals surface area (Å²) < 4.78 is 0. The Morgan fingerprint density at radius 2 is 2.00 bits per heavy atom. The Morgan fingerprint density at radius 1 is 1.33 bits per heavy atom. The van der Waals surface area contributed by atoms with E-state index in [2.05, 4.69) is 31.1 Å². The minimum absolute atomic E-state index is 0.0773. The molecule has 21 heavy (non-hydrogen) atoms. The Kier molecular flexibility index (Phi) is 4.68. The zero-order chi connectivity index (χ0) is 15.5. The monoisotopic (exact) mass is 287 g/mol. The molecule has 2 rings (SSSR count). The number of fused-ring (bicyclic) bond motifs is 1. The predicted octanol–water partition coefficient (Wildman–Crippen LogP) is 2.73. The second kappa shape index (κ2) is 6.31. The number of para-hydroxylation sites is 1. The number of aromatic amines is 1. The van der Waals surface area contributed by atoms with Gasteiger partial charge in [0, 0.05) is 22.6 Å². The van der Waals surface area contributed by atoms with E-state index in [1.54, 1.807) is 0 Å². The maximum atomic E-state index is 12.3. The van der Waals surface area contributed by atoms with E-state index in [9.17, 15) is 4.79 Å². The van der Waals surface area contributed by atoms with E-state index in [0.717, 1.165) is 29.3 Å². The van der Waals surface area contributed by atoms with Crippen molar-refractivity contribution in [3.05, 3.63) is 36.0 Å². The van der Waals surface area contributed by atoms with Crippen LogP contribution in [0.2, 0.25) is 0 Å². The van der Waals surface area contributed by atoms with Gasteiger partial charge in [-0.1, -0.05) is 32.0 Å². The third-order valence-electron chi connectivity index (χ3n) is 4.44. The van der Waals surface area contributed by atoms with Gasteiger partial charge in [-0.15, -0.1) is 0 Å². The quantitative estimate of drug-likeness (QED) is 0.764. The van der Waals surface area contributed by atoms with Crippen LogP contribution in [-0.4, -0.2) is 22.5 Å². The molecule has 0 bridgehead atoms. The van der Waals surface area contributed by atoms with Crippen molar-refractivity contribution in [3.8, 4) is 0 Å². The minimum atomic E-state index is -0.526. The zero-order valence-electron chi connectivity index (χ0n) is 13.1. The molecular formula is C17H25N3O. The van der Waals surface area contributed by atoms with E-state index in [0.29, 0.717) is 6.42 Å². The smallest absolute Gasteiger partial charge is 0.237 e. The topological polar surface area (TPSA) is 70.9 Å². The van der Waals surface area contributed by atoms with Crippen molar-refractivity contribution in [2.24, 2.45) is 5.73 Å². The molecule has 1 atom stereocenters. The van der Waals surface area contributed by atoms with Crippen molar-refractivity contribution >= 4 is 16.8 Å². The second-order valence-electron chi connectivity index (χ2n) is 5.93. The van der Waals surface area contributed by atoms with Gasteiger partial charge in [-0.25, -0.2) is 0 Å². The highest BCUT2D eigenvalue weighted by molar-refractivity contribution is 5.86. The number of nitrogens with two attached hydrogens (primary N) is 1. The fourth-order valence-electron chi connectivity index (χ4n) is 2.45. The number of H-pyrrole nitrogens is 1. The molecule has 0 unspecified atom stereocenters. The number of rotatable bonds is 6. The molecule has 0 aliphatic rings. The van der Waals surface area contributed by atoms with Crippen LogP contribution in [0, 0.1) is 0 Å². The highest BCUT2D eigenvalue weighted by Gasteiger charge is 2.25. The van der Waals surface area contributed by atoms with Crippen molar-refractivity contribution in [3.63, 3.8) is 0 Å². The molecule has 1 aromatic heterocycles. The zero-order valence-corrected chi connectivity index (χ0v) is 13.1. The standard InChI is InChI=1S/C17H25N3O/c1-4-17(3,5-2)20-16(21)14(18)10-12-11-19-15-9-7-6-8-13(12)15/h6-9,11,14,19H,4-5,10,18H2,1-3H3,(H,20,21)/t14-/m0/s1. The third-order valence-corrected chi connectivity index (χ3v) is 4.44. The summed E-state index contributed by atoms with van der Waals surface area (Å²) >= 11 is 0. The summed E-state index contributed by atoms with van der Waals surface area (Å²) in [7, 11) is 0. The molecule has 0 radical (unpaired) electrons. The van der Waals surface area contributed by atoms with Gasteiger partial charge in [0.1, 0.15) is 0 Å². The Balaban J connectivity index is 2.07. The SMILES string of the molecule is CCC(C)(CC)NC(=O)[C@@H](N)Cc1c[nH]c2ccccc12. The van der Waals surface area contributed by atoms with E-state index in [4.69, 9.17) is 5.73 Å². The van der Waals surface area contributed by atoms with Gasteiger partial charge in [-0.2, -0.15) is 0 Å². The Bertz CT molecular complexity index is 613. The van der Waals surface area contributed by atoms with E-state index in [1.807, 2.05) is 30.5 Å². The van der Waals surface area contributed by atoms with Crippen molar-refractivity contribution in [1.82, 2.24) is 10.3 Å². The second-order valence-corrected chi connectivity index (χ2v) is 5.93. The van der Waals surface area contributed by atoms with Crippen molar-refractivity contribution in [2.75, 3.05) is 0 Å². The number of amides is 1. The fourth-order valence-corrected chi connectivity index (χ4v) is 2.45. The lowest BCUT2D eigenvalue weighted by Gasteiger charge is -2.29. The van der Waals surface area contributed by atoms with Crippen molar-refractivity contribution < 1.29 is 4.79 Å². The number of nitrogens with one attached hydrogen (secondary N) is 2. The third kappa shape index (κ3) is 3.45. The number of hydrogen-bond acceptors (Lipinski definition) is 2. The number of carbonyl (C=O) groups excluding carboxylic acids is 1. The van der Waals surface area contributed by atoms with Gasteiger partial charge in [0.25, 0.3) is 0 Å². The van der Waals surface area contributed by atoms with Crippen LogP contribution in [0.15, 0.2) is 30.5 Å². The summed E-state index contributed by atoms with van der Waals surface area (Å²) in [6.45, 7) is 6.22. The van der Waals surface area contributed by atoms with E-state index >= 15 is 0 Å². The number of benzene rings is 1. The van der Waals surface area contributed by atoms with Crippen LogP contribution >= 0.6 is 0 Å². The highest BCUT2D eigenvalue weighted by Crippen LogP contribution is 2.19. The average Bonchev–Trinajstić information content (AvgIpc) is 2.90. The van der Waals surface area contributed by atoms with Crippen LogP contribution in [0.4, 0.5) is 0 Å². The molecule has 0 saturated heterocycles. The lowest BCUT2D eigenvalue weighted by molar-refractivity contribution is -0.124. The van der Waals surface area contributed by atoms with Crippen molar-refractivity contribution in [1.29, 1.82) is 0 Å².